The van der Waals surface area contributed by atoms with Gasteiger partial charge in [0.15, 0.2) is 6.20 Å². The number of rotatable bonds is 5. The van der Waals surface area contributed by atoms with Crippen LogP contribution < -0.4 is 21.5 Å². The summed E-state index contributed by atoms with van der Waals surface area (Å²) in [7, 11) is 0. The molecule has 2 nitrogen and oxygen atoms in total. The first-order chi connectivity index (χ1) is 12.3. The lowest BCUT2D eigenvalue weighted by atomic mass is 10.1. The number of hydrogen-bond acceptors (Lipinski definition) is 1. The number of allylic oxidation sites excluding steroid dienone is 1. The molecule has 0 fully saturated rings. The summed E-state index contributed by atoms with van der Waals surface area (Å²) in [5.74, 6) is 0. The number of halogens is 1. The molecule has 0 unspecified atom stereocenters. The van der Waals surface area contributed by atoms with E-state index in [1.165, 1.54) is 16.3 Å². The Morgan fingerprint density at radius 1 is 0.923 bits per heavy atom. The van der Waals surface area contributed by atoms with Crippen molar-refractivity contribution in [1.82, 2.24) is 4.98 Å². The monoisotopic (exact) mass is 404 g/mol. The number of pyridine rings is 2. The van der Waals surface area contributed by atoms with E-state index in [1.807, 2.05) is 18.2 Å². The first-order valence-corrected chi connectivity index (χ1v) is 8.74. The summed E-state index contributed by atoms with van der Waals surface area (Å²) in [5.41, 5.74) is 4.47. The molecule has 0 atom stereocenters. The Morgan fingerprint density at radius 3 is 2.54 bits per heavy atom. The first-order valence-electron chi connectivity index (χ1n) is 8.74. The third-order valence-corrected chi connectivity index (χ3v) is 4.55. The smallest absolute Gasteiger partial charge is 0.212 e. The number of nitrogens with zero attached hydrogens (tertiary/aromatic N) is 2. The van der Waals surface area contributed by atoms with Crippen molar-refractivity contribution in [2.24, 2.45) is 0 Å². The molecule has 2 aromatic carbocycles. The van der Waals surface area contributed by atoms with E-state index in [0.717, 1.165) is 36.2 Å². The van der Waals surface area contributed by atoms with E-state index in [1.54, 1.807) is 0 Å². The number of unbranched alkanes of at least 4 members (excludes halogenated alkanes) is 1. The molecule has 0 aliphatic carbocycles. The number of aromatic nitrogens is 2. The molecule has 0 aliphatic heterocycles. The lowest BCUT2D eigenvalue weighted by Gasteiger charge is -2.06. The van der Waals surface area contributed by atoms with Gasteiger partial charge in [0.25, 0.3) is 0 Å². The number of benzene rings is 2. The standard InChI is InChI=1S/C23H21N2.BrH/c1-2-3-8-15-25-17-20(16-19-10-5-7-12-23(19)25)22-14-13-18-9-4-6-11-21(18)24-22;/h2,4-7,9-14,16-17H,1,3,8,15H2;1H/q+1;/p-1. The molecule has 2 heterocycles. The molecular weight excluding hydrogens is 384 g/mol. The van der Waals surface area contributed by atoms with Crippen molar-refractivity contribution in [3.63, 3.8) is 0 Å². The quantitative estimate of drug-likeness (QED) is 0.283. The van der Waals surface area contributed by atoms with Crippen LogP contribution in [0.1, 0.15) is 12.8 Å². The molecule has 26 heavy (non-hydrogen) atoms. The van der Waals surface area contributed by atoms with E-state index in [0.29, 0.717) is 0 Å². The molecule has 0 saturated heterocycles. The van der Waals surface area contributed by atoms with Gasteiger partial charge < -0.3 is 17.0 Å². The number of hydrogen-bond donors (Lipinski definition) is 0. The fourth-order valence-corrected chi connectivity index (χ4v) is 3.27. The molecule has 0 radical (unpaired) electrons. The van der Waals surface area contributed by atoms with Crippen LogP contribution in [0.15, 0.2) is 85.6 Å². The minimum absolute atomic E-state index is 0. The van der Waals surface area contributed by atoms with E-state index in [4.69, 9.17) is 4.98 Å². The maximum atomic E-state index is 4.86. The van der Waals surface area contributed by atoms with Gasteiger partial charge in [-0.3, -0.25) is 0 Å². The first kappa shape index (κ1) is 18.3. The summed E-state index contributed by atoms with van der Waals surface area (Å²) >= 11 is 0. The van der Waals surface area contributed by atoms with Crippen molar-refractivity contribution in [3.05, 3.63) is 85.6 Å². The molecular formula is C23H21BrN2. The van der Waals surface area contributed by atoms with Gasteiger partial charge in [-0.15, -0.1) is 6.58 Å². The largest absolute Gasteiger partial charge is 1.00 e. The highest BCUT2D eigenvalue weighted by Gasteiger charge is 2.13. The summed E-state index contributed by atoms with van der Waals surface area (Å²) in [6.45, 7) is 4.81. The van der Waals surface area contributed by atoms with Crippen LogP contribution in [-0.4, -0.2) is 4.98 Å². The number of aryl methyl sites for hydroxylation is 1. The molecule has 0 aliphatic rings. The Balaban J connectivity index is 0.00000196. The summed E-state index contributed by atoms with van der Waals surface area (Å²) < 4.78 is 2.34. The van der Waals surface area contributed by atoms with Gasteiger partial charge in [-0.1, -0.05) is 42.5 Å². The fourth-order valence-electron chi connectivity index (χ4n) is 3.27. The van der Waals surface area contributed by atoms with Crippen molar-refractivity contribution in [2.75, 3.05) is 0 Å². The van der Waals surface area contributed by atoms with Crippen LogP contribution in [0.4, 0.5) is 0 Å². The van der Waals surface area contributed by atoms with Crippen LogP contribution in [0.3, 0.4) is 0 Å². The van der Waals surface area contributed by atoms with Crippen LogP contribution >= 0.6 is 0 Å². The van der Waals surface area contributed by atoms with E-state index >= 15 is 0 Å². The number of fused-ring (bicyclic) bond motifs is 2. The molecule has 2 aromatic heterocycles. The molecule has 0 amide bonds. The second-order valence-electron chi connectivity index (χ2n) is 6.30. The summed E-state index contributed by atoms with van der Waals surface area (Å²) in [6.07, 6.45) is 6.33. The highest BCUT2D eigenvalue weighted by molar-refractivity contribution is 5.84. The zero-order chi connectivity index (χ0) is 17.1. The second-order valence-corrected chi connectivity index (χ2v) is 6.30. The Hall–Kier alpha value is -2.52. The van der Waals surface area contributed by atoms with Crippen molar-refractivity contribution < 1.29 is 21.5 Å². The van der Waals surface area contributed by atoms with Gasteiger partial charge in [0.1, 0.15) is 6.54 Å². The van der Waals surface area contributed by atoms with Gasteiger partial charge in [-0.2, -0.15) is 4.57 Å². The Morgan fingerprint density at radius 2 is 1.69 bits per heavy atom. The van der Waals surface area contributed by atoms with Gasteiger partial charge in [-0.05, 0) is 30.7 Å². The molecule has 4 rings (SSSR count). The van der Waals surface area contributed by atoms with Crippen LogP contribution in [-0.2, 0) is 6.54 Å². The summed E-state index contributed by atoms with van der Waals surface area (Å²) in [4.78, 5) is 4.86. The van der Waals surface area contributed by atoms with Crippen molar-refractivity contribution >= 4 is 21.8 Å². The van der Waals surface area contributed by atoms with Gasteiger partial charge in [0, 0.05) is 23.3 Å². The molecule has 0 saturated carbocycles. The summed E-state index contributed by atoms with van der Waals surface area (Å²) in [6, 6.07) is 23.3. The van der Waals surface area contributed by atoms with E-state index in [-0.39, 0.29) is 17.0 Å². The van der Waals surface area contributed by atoms with Crippen molar-refractivity contribution in [3.8, 4) is 11.3 Å². The Labute approximate surface area is 164 Å². The minimum atomic E-state index is 0. The predicted octanol–water partition coefficient (Wildman–Crippen LogP) is 2.31. The third-order valence-electron chi connectivity index (χ3n) is 4.55. The van der Waals surface area contributed by atoms with Crippen LogP contribution in [0.5, 0.6) is 0 Å². The van der Waals surface area contributed by atoms with E-state index in [2.05, 4.69) is 71.9 Å². The molecule has 3 heteroatoms. The zero-order valence-electron chi connectivity index (χ0n) is 14.6. The van der Waals surface area contributed by atoms with Gasteiger partial charge in [-0.25, -0.2) is 4.98 Å². The molecule has 0 N–H and O–H groups in total. The van der Waals surface area contributed by atoms with Crippen LogP contribution in [0, 0.1) is 0 Å². The molecule has 130 valence electrons. The van der Waals surface area contributed by atoms with Crippen molar-refractivity contribution in [2.45, 2.75) is 19.4 Å². The highest BCUT2D eigenvalue weighted by atomic mass is 79.9. The SMILES string of the molecule is C=CCCC[n+]1cc(-c2ccc3ccccc3n2)cc2ccccc21.[Br-]. The normalized spacial score (nSPS) is 10.6. The van der Waals surface area contributed by atoms with E-state index in [9.17, 15) is 0 Å². The molecule has 0 spiro atoms. The lowest BCUT2D eigenvalue weighted by molar-refractivity contribution is -0.671. The maximum Gasteiger partial charge on any atom is 0.212 e. The zero-order valence-corrected chi connectivity index (χ0v) is 16.2. The summed E-state index contributed by atoms with van der Waals surface area (Å²) in [5, 5.41) is 2.42. The van der Waals surface area contributed by atoms with Crippen LogP contribution in [0.25, 0.3) is 33.1 Å². The minimum Gasteiger partial charge on any atom is -1.00 e. The van der Waals surface area contributed by atoms with Gasteiger partial charge in [0.05, 0.1) is 16.8 Å². The predicted molar refractivity (Wildman–Crippen MR) is 104 cm³/mol. The highest BCUT2D eigenvalue weighted by Crippen LogP contribution is 2.23. The Kier molecular flexibility index (Phi) is 5.79. The molecule has 4 aromatic rings. The average Bonchev–Trinajstić information content (AvgIpc) is 2.67. The van der Waals surface area contributed by atoms with Crippen LogP contribution in [0.2, 0.25) is 0 Å². The number of para-hydroxylation sites is 2. The lowest BCUT2D eigenvalue weighted by Crippen LogP contribution is -3.00. The third kappa shape index (κ3) is 3.68. The Bertz CT molecular complexity index is 1060. The molecule has 0 bridgehead atoms. The second kappa shape index (κ2) is 8.24. The van der Waals surface area contributed by atoms with E-state index < -0.39 is 0 Å². The fraction of sp³-hybridized carbons (Fsp3) is 0.130. The van der Waals surface area contributed by atoms with Gasteiger partial charge in [0.2, 0.25) is 5.52 Å². The topological polar surface area (TPSA) is 16.8 Å². The van der Waals surface area contributed by atoms with Gasteiger partial charge >= 0.3 is 0 Å². The maximum absolute atomic E-state index is 4.86. The van der Waals surface area contributed by atoms with Crippen molar-refractivity contribution in [1.29, 1.82) is 0 Å². The average molecular weight is 405 g/mol.